The highest BCUT2D eigenvalue weighted by molar-refractivity contribution is 5.28. The van der Waals surface area contributed by atoms with Crippen LogP contribution in [0.2, 0.25) is 0 Å². The van der Waals surface area contributed by atoms with Crippen molar-refractivity contribution in [2.75, 3.05) is 19.7 Å². The molecule has 0 aromatic heterocycles. The molecule has 0 aliphatic rings. The van der Waals surface area contributed by atoms with Gasteiger partial charge in [0.15, 0.2) is 6.61 Å². The summed E-state index contributed by atoms with van der Waals surface area (Å²) in [7, 11) is 0. The fourth-order valence-corrected chi connectivity index (χ4v) is 2.41. The van der Waals surface area contributed by atoms with Crippen LogP contribution in [-0.2, 0) is 6.54 Å². The minimum Gasteiger partial charge on any atom is -0.479 e. The number of hydrogen-bond donors (Lipinski definition) is 1. The molecule has 0 amide bonds. The number of hydrogen-bond acceptors (Lipinski definition) is 4. The summed E-state index contributed by atoms with van der Waals surface area (Å²) in [4.78, 5) is 2.47. The Balaban J connectivity index is 2.37. The summed E-state index contributed by atoms with van der Waals surface area (Å²) in [6, 6.07) is 11.0. The van der Waals surface area contributed by atoms with Gasteiger partial charge in [0.25, 0.3) is 0 Å². The largest absolute Gasteiger partial charge is 0.479 e. The molecule has 1 aromatic carbocycles. The second-order valence-electron chi connectivity index (χ2n) is 5.70. The molecule has 0 radical (unpaired) electrons. The van der Waals surface area contributed by atoms with Crippen LogP contribution in [0.1, 0.15) is 33.3 Å². The molecule has 116 valence electrons. The Morgan fingerprint density at radius 3 is 2.57 bits per heavy atom. The van der Waals surface area contributed by atoms with E-state index in [9.17, 15) is 0 Å². The Morgan fingerprint density at radius 1 is 1.24 bits per heavy atom. The van der Waals surface area contributed by atoms with Gasteiger partial charge < -0.3 is 10.1 Å². The minimum absolute atomic E-state index is 0.0919. The van der Waals surface area contributed by atoms with Gasteiger partial charge in [-0.15, -0.1) is 0 Å². The molecule has 0 aliphatic heterocycles. The first-order valence-electron chi connectivity index (χ1n) is 7.59. The molecule has 21 heavy (non-hydrogen) atoms. The maximum absolute atomic E-state index is 8.52. The van der Waals surface area contributed by atoms with E-state index in [-0.39, 0.29) is 6.61 Å². The zero-order chi connectivity index (χ0) is 15.7. The molecule has 0 heterocycles. The average Bonchev–Trinajstić information content (AvgIpc) is 2.44. The van der Waals surface area contributed by atoms with Gasteiger partial charge >= 0.3 is 0 Å². The lowest BCUT2D eigenvalue weighted by Crippen LogP contribution is -2.41. The number of nitriles is 1. The van der Waals surface area contributed by atoms with Crippen molar-refractivity contribution in [3.63, 3.8) is 0 Å². The molecule has 0 saturated carbocycles. The summed E-state index contributed by atoms with van der Waals surface area (Å²) < 4.78 is 5.31. The molecule has 4 heteroatoms. The van der Waals surface area contributed by atoms with Crippen molar-refractivity contribution < 1.29 is 4.74 Å². The van der Waals surface area contributed by atoms with E-state index >= 15 is 0 Å². The lowest BCUT2D eigenvalue weighted by atomic mass is 10.2. The summed E-state index contributed by atoms with van der Waals surface area (Å²) >= 11 is 0. The third kappa shape index (κ3) is 6.61. The maximum Gasteiger partial charge on any atom is 0.174 e. The molecule has 0 fully saturated rings. The van der Waals surface area contributed by atoms with Crippen LogP contribution in [0.4, 0.5) is 0 Å². The van der Waals surface area contributed by atoms with Gasteiger partial charge in [-0.3, -0.25) is 4.90 Å². The molecule has 0 aliphatic carbocycles. The molecule has 0 unspecified atom stereocenters. The molecule has 4 nitrogen and oxygen atoms in total. The van der Waals surface area contributed by atoms with Gasteiger partial charge in [-0.2, -0.15) is 5.26 Å². The number of nitrogens with one attached hydrogen (secondary N) is 1. The SMILES string of the molecule is CC(C)N(CCNCc1cccc(OCC#N)c1)C(C)C. The number of ether oxygens (including phenoxy) is 1. The molecule has 1 N–H and O–H groups in total. The third-order valence-electron chi connectivity index (χ3n) is 3.40. The molecule has 0 saturated heterocycles. The Labute approximate surface area is 128 Å². The van der Waals surface area contributed by atoms with Gasteiger partial charge in [-0.25, -0.2) is 0 Å². The Bertz CT molecular complexity index is 444. The highest BCUT2D eigenvalue weighted by Crippen LogP contribution is 2.13. The van der Waals surface area contributed by atoms with Crippen LogP contribution in [-0.4, -0.2) is 36.7 Å². The van der Waals surface area contributed by atoms with E-state index in [2.05, 4.69) is 44.0 Å². The Kier molecular flexibility index (Phi) is 7.81. The molecule has 0 bridgehead atoms. The quantitative estimate of drug-likeness (QED) is 0.710. The van der Waals surface area contributed by atoms with Crippen molar-refractivity contribution in [3.05, 3.63) is 29.8 Å². The van der Waals surface area contributed by atoms with Crippen molar-refractivity contribution in [2.24, 2.45) is 0 Å². The predicted molar refractivity (Wildman–Crippen MR) is 86.2 cm³/mol. The van der Waals surface area contributed by atoms with Crippen molar-refractivity contribution in [2.45, 2.75) is 46.3 Å². The summed E-state index contributed by atoms with van der Waals surface area (Å²) in [5, 5.41) is 12.0. The predicted octanol–water partition coefficient (Wildman–Crippen LogP) is 2.80. The first-order chi connectivity index (χ1) is 10.0. The van der Waals surface area contributed by atoms with Gasteiger partial charge in [-0.1, -0.05) is 12.1 Å². The zero-order valence-corrected chi connectivity index (χ0v) is 13.6. The fraction of sp³-hybridized carbons (Fsp3) is 0.588. The zero-order valence-electron chi connectivity index (χ0n) is 13.6. The van der Waals surface area contributed by atoms with Crippen molar-refractivity contribution in [3.8, 4) is 11.8 Å². The second kappa shape index (κ2) is 9.38. The molecule has 1 aromatic rings. The maximum atomic E-state index is 8.52. The average molecular weight is 289 g/mol. The van der Waals surface area contributed by atoms with Crippen LogP contribution in [0.15, 0.2) is 24.3 Å². The van der Waals surface area contributed by atoms with Gasteiger partial charge in [0.05, 0.1) is 0 Å². The molecule has 0 spiro atoms. The molecular weight excluding hydrogens is 262 g/mol. The highest BCUT2D eigenvalue weighted by Gasteiger charge is 2.11. The fourth-order valence-electron chi connectivity index (χ4n) is 2.41. The van der Waals surface area contributed by atoms with Gasteiger partial charge in [0.1, 0.15) is 11.8 Å². The standard InChI is InChI=1S/C17H27N3O/c1-14(2)20(15(3)4)10-9-19-13-16-6-5-7-17(12-16)21-11-8-18/h5-7,12,14-15,19H,9-11,13H2,1-4H3. The first-order valence-corrected chi connectivity index (χ1v) is 7.59. The monoisotopic (exact) mass is 289 g/mol. The summed E-state index contributed by atoms with van der Waals surface area (Å²) in [6.07, 6.45) is 0. The minimum atomic E-state index is 0.0919. The van der Waals surface area contributed by atoms with Gasteiger partial charge in [0, 0.05) is 31.7 Å². The van der Waals surface area contributed by atoms with Crippen LogP contribution in [0.3, 0.4) is 0 Å². The Morgan fingerprint density at radius 2 is 1.95 bits per heavy atom. The van der Waals surface area contributed by atoms with Crippen molar-refractivity contribution >= 4 is 0 Å². The van der Waals surface area contributed by atoms with E-state index in [1.807, 2.05) is 24.3 Å². The lowest BCUT2D eigenvalue weighted by Gasteiger charge is -2.30. The van der Waals surface area contributed by atoms with Gasteiger partial charge in [0.2, 0.25) is 0 Å². The van der Waals surface area contributed by atoms with E-state index in [1.165, 1.54) is 5.56 Å². The third-order valence-corrected chi connectivity index (χ3v) is 3.40. The van der Waals surface area contributed by atoms with Crippen LogP contribution in [0, 0.1) is 11.3 Å². The van der Waals surface area contributed by atoms with Crippen LogP contribution in [0.5, 0.6) is 5.75 Å². The van der Waals surface area contributed by atoms with Crippen molar-refractivity contribution in [1.29, 1.82) is 5.26 Å². The summed E-state index contributed by atoms with van der Waals surface area (Å²) in [5.74, 6) is 0.752. The highest BCUT2D eigenvalue weighted by atomic mass is 16.5. The van der Waals surface area contributed by atoms with E-state index < -0.39 is 0 Å². The summed E-state index contributed by atoms with van der Waals surface area (Å²) in [5.41, 5.74) is 1.17. The molecular formula is C17H27N3O. The smallest absolute Gasteiger partial charge is 0.174 e. The molecule has 0 atom stereocenters. The second-order valence-corrected chi connectivity index (χ2v) is 5.70. The van der Waals surface area contributed by atoms with Crippen LogP contribution < -0.4 is 10.1 Å². The van der Waals surface area contributed by atoms with Crippen molar-refractivity contribution in [1.82, 2.24) is 10.2 Å². The Hall–Kier alpha value is -1.57. The summed E-state index contributed by atoms with van der Waals surface area (Å²) in [6.45, 7) is 11.8. The number of benzene rings is 1. The van der Waals surface area contributed by atoms with E-state index in [1.54, 1.807) is 0 Å². The lowest BCUT2D eigenvalue weighted by molar-refractivity contribution is 0.176. The number of nitrogens with zero attached hydrogens (tertiary/aromatic N) is 2. The van der Waals surface area contributed by atoms with Gasteiger partial charge in [-0.05, 0) is 45.4 Å². The van der Waals surface area contributed by atoms with Crippen LogP contribution >= 0.6 is 0 Å². The topological polar surface area (TPSA) is 48.3 Å². The van der Waals surface area contributed by atoms with E-state index in [4.69, 9.17) is 10.00 Å². The molecule has 1 rings (SSSR count). The van der Waals surface area contributed by atoms with E-state index in [0.717, 1.165) is 25.4 Å². The van der Waals surface area contributed by atoms with E-state index in [0.29, 0.717) is 12.1 Å². The first kappa shape index (κ1) is 17.5. The van der Waals surface area contributed by atoms with Crippen LogP contribution in [0.25, 0.3) is 0 Å². The normalized spacial score (nSPS) is 11.1. The number of rotatable bonds is 9.